The zero-order valence-corrected chi connectivity index (χ0v) is 13.6. The summed E-state index contributed by atoms with van der Waals surface area (Å²) in [6.45, 7) is 7.28. The molecule has 1 fully saturated rings. The fraction of sp³-hybridized carbons (Fsp3) is 0.438. The Labute approximate surface area is 130 Å². The zero-order valence-electron chi connectivity index (χ0n) is 12.7. The van der Waals surface area contributed by atoms with Crippen molar-refractivity contribution < 1.29 is 4.74 Å². The van der Waals surface area contributed by atoms with Crippen LogP contribution in [-0.2, 0) is 0 Å². The highest BCUT2D eigenvalue weighted by Crippen LogP contribution is 2.31. The third-order valence-corrected chi connectivity index (χ3v) is 4.90. The van der Waals surface area contributed by atoms with Crippen molar-refractivity contribution in [2.75, 3.05) is 36.5 Å². The largest absolute Gasteiger partial charge is 0.495 e. The Morgan fingerprint density at radius 3 is 2.76 bits per heavy atom. The number of anilines is 2. The molecule has 112 valence electrons. The Balaban J connectivity index is 1.76. The molecule has 1 atom stereocenters. The van der Waals surface area contributed by atoms with E-state index in [4.69, 9.17) is 4.74 Å². The number of aryl methyl sites for hydroxylation is 1. The SMILES string of the molecule is COc1ccccc1N1CCN(c2nc(C)cs2)C(C)C1. The summed E-state index contributed by atoms with van der Waals surface area (Å²) in [6, 6.07) is 8.68. The van der Waals surface area contributed by atoms with Crippen molar-refractivity contribution in [3.8, 4) is 5.75 Å². The summed E-state index contributed by atoms with van der Waals surface area (Å²) in [7, 11) is 1.73. The van der Waals surface area contributed by atoms with E-state index in [1.165, 1.54) is 5.69 Å². The van der Waals surface area contributed by atoms with E-state index in [1.54, 1.807) is 18.4 Å². The molecule has 5 heteroatoms. The summed E-state index contributed by atoms with van der Waals surface area (Å²) in [5.74, 6) is 0.947. The first-order valence-corrected chi connectivity index (χ1v) is 8.13. The molecule has 21 heavy (non-hydrogen) atoms. The van der Waals surface area contributed by atoms with E-state index < -0.39 is 0 Å². The van der Waals surface area contributed by atoms with E-state index in [9.17, 15) is 0 Å². The molecule has 1 saturated heterocycles. The van der Waals surface area contributed by atoms with E-state index in [2.05, 4.69) is 46.1 Å². The molecule has 0 spiro atoms. The van der Waals surface area contributed by atoms with Gasteiger partial charge in [0.05, 0.1) is 18.5 Å². The van der Waals surface area contributed by atoms with Gasteiger partial charge in [0.25, 0.3) is 0 Å². The van der Waals surface area contributed by atoms with Gasteiger partial charge < -0.3 is 14.5 Å². The van der Waals surface area contributed by atoms with Gasteiger partial charge in [-0.3, -0.25) is 0 Å². The predicted molar refractivity (Wildman–Crippen MR) is 88.9 cm³/mol. The minimum Gasteiger partial charge on any atom is -0.495 e. The first-order valence-electron chi connectivity index (χ1n) is 7.26. The molecule has 1 aliphatic rings. The molecule has 1 unspecified atom stereocenters. The van der Waals surface area contributed by atoms with Gasteiger partial charge in [-0.15, -0.1) is 11.3 Å². The molecule has 4 nitrogen and oxygen atoms in total. The van der Waals surface area contributed by atoms with Crippen LogP contribution in [0.5, 0.6) is 5.75 Å². The lowest BCUT2D eigenvalue weighted by atomic mass is 10.1. The second-order valence-electron chi connectivity index (χ2n) is 5.43. The van der Waals surface area contributed by atoms with E-state index in [1.807, 2.05) is 12.1 Å². The summed E-state index contributed by atoms with van der Waals surface area (Å²) in [5.41, 5.74) is 2.29. The Kier molecular flexibility index (Phi) is 4.01. The second kappa shape index (κ2) is 5.93. The number of hydrogen-bond acceptors (Lipinski definition) is 5. The van der Waals surface area contributed by atoms with E-state index in [-0.39, 0.29) is 0 Å². The highest BCUT2D eigenvalue weighted by molar-refractivity contribution is 7.13. The first kappa shape index (κ1) is 14.2. The third-order valence-electron chi connectivity index (χ3n) is 3.91. The van der Waals surface area contributed by atoms with Crippen LogP contribution in [0.4, 0.5) is 10.8 Å². The molecular formula is C16H21N3OS. The standard InChI is InChI=1S/C16H21N3OS/c1-12-11-21-16(17-12)19-9-8-18(10-13(19)2)14-6-4-5-7-15(14)20-3/h4-7,11,13H,8-10H2,1-3H3. The lowest BCUT2D eigenvalue weighted by Crippen LogP contribution is -2.52. The number of hydrogen-bond donors (Lipinski definition) is 0. The number of ether oxygens (including phenoxy) is 1. The summed E-state index contributed by atoms with van der Waals surface area (Å²) in [6.07, 6.45) is 0. The van der Waals surface area contributed by atoms with E-state index >= 15 is 0 Å². The molecule has 0 amide bonds. The van der Waals surface area contributed by atoms with Gasteiger partial charge >= 0.3 is 0 Å². The van der Waals surface area contributed by atoms with E-state index in [0.29, 0.717) is 6.04 Å². The molecule has 2 aromatic rings. The molecule has 0 saturated carbocycles. The van der Waals surface area contributed by atoms with Gasteiger partial charge in [-0.05, 0) is 26.0 Å². The maximum Gasteiger partial charge on any atom is 0.185 e. The molecule has 1 aliphatic heterocycles. The van der Waals surface area contributed by atoms with Crippen molar-refractivity contribution >= 4 is 22.2 Å². The Hall–Kier alpha value is -1.75. The Morgan fingerprint density at radius 1 is 1.29 bits per heavy atom. The van der Waals surface area contributed by atoms with Gasteiger partial charge in [-0.25, -0.2) is 4.98 Å². The van der Waals surface area contributed by atoms with Crippen LogP contribution in [-0.4, -0.2) is 37.8 Å². The van der Waals surface area contributed by atoms with Crippen LogP contribution >= 0.6 is 11.3 Å². The molecule has 1 aromatic heterocycles. The maximum atomic E-state index is 5.48. The lowest BCUT2D eigenvalue weighted by molar-refractivity contribution is 0.412. The van der Waals surface area contributed by atoms with Gasteiger partial charge in [0.1, 0.15) is 5.75 Å². The molecule has 2 heterocycles. The van der Waals surface area contributed by atoms with Gasteiger partial charge in [-0.2, -0.15) is 0 Å². The molecular weight excluding hydrogens is 282 g/mol. The average Bonchev–Trinajstić information content (AvgIpc) is 2.93. The first-order chi connectivity index (χ1) is 10.2. The second-order valence-corrected chi connectivity index (χ2v) is 6.27. The number of rotatable bonds is 3. The molecule has 0 aliphatic carbocycles. The van der Waals surface area contributed by atoms with Crippen LogP contribution in [0.25, 0.3) is 0 Å². The summed E-state index contributed by atoms with van der Waals surface area (Å²) in [5, 5.41) is 3.26. The van der Waals surface area contributed by atoms with Crippen LogP contribution in [0.2, 0.25) is 0 Å². The number of nitrogens with zero attached hydrogens (tertiary/aromatic N) is 3. The molecule has 0 bridgehead atoms. The number of benzene rings is 1. The molecule has 0 radical (unpaired) electrons. The van der Waals surface area contributed by atoms with Crippen molar-refractivity contribution in [3.63, 3.8) is 0 Å². The van der Waals surface area contributed by atoms with Gasteiger partial charge in [-0.1, -0.05) is 12.1 Å². The third kappa shape index (κ3) is 2.83. The number of methoxy groups -OCH3 is 1. The lowest BCUT2D eigenvalue weighted by Gasteiger charge is -2.41. The normalized spacial score (nSPS) is 18.9. The van der Waals surface area contributed by atoms with E-state index in [0.717, 1.165) is 36.2 Å². The summed E-state index contributed by atoms with van der Waals surface area (Å²) < 4.78 is 5.48. The fourth-order valence-corrected chi connectivity index (χ4v) is 3.76. The van der Waals surface area contributed by atoms with Crippen LogP contribution < -0.4 is 14.5 Å². The quantitative estimate of drug-likeness (QED) is 0.871. The van der Waals surface area contributed by atoms with Crippen molar-refractivity contribution in [2.45, 2.75) is 19.9 Å². The Morgan fingerprint density at radius 2 is 2.10 bits per heavy atom. The monoisotopic (exact) mass is 303 g/mol. The van der Waals surface area contributed by atoms with Crippen LogP contribution in [0.15, 0.2) is 29.6 Å². The number of aromatic nitrogens is 1. The van der Waals surface area contributed by atoms with Gasteiger partial charge in [0, 0.05) is 31.1 Å². The van der Waals surface area contributed by atoms with Crippen LogP contribution in [0.1, 0.15) is 12.6 Å². The molecule has 0 N–H and O–H groups in total. The van der Waals surface area contributed by atoms with Crippen LogP contribution in [0, 0.1) is 6.92 Å². The summed E-state index contributed by atoms with van der Waals surface area (Å²) >= 11 is 1.74. The Bertz CT molecular complexity index is 613. The van der Waals surface area contributed by atoms with Crippen molar-refractivity contribution in [1.29, 1.82) is 0 Å². The molecule has 1 aromatic carbocycles. The van der Waals surface area contributed by atoms with Gasteiger partial charge in [0.2, 0.25) is 0 Å². The average molecular weight is 303 g/mol. The fourth-order valence-electron chi connectivity index (χ4n) is 2.83. The van der Waals surface area contributed by atoms with Gasteiger partial charge in [0.15, 0.2) is 5.13 Å². The number of thiazole rings is 1. The predicted octanol–water partition coefficient (Wildman–Crippen LogP) is 3.18. The van der Waals surface area contributed by atoms with Crippen molar-refractivity contribution in [2.24, 2.45) is 0 Å². The maximum absolute atomic E-state index is 5.48. The highest BCUT2D eigenvalue weighted by atomic mass is 32.1. The topological polar surface area (TPSA) is 28.6 Å². The number of para-hydroxylation sites is 2. The molecule has 3 rings (SSSR count). The minimum atomic E-state index is 0.439. The van der Waals surface area contributed by atoms with Crippen molar-refractivity contribution in [3.05, 3.63) is 35.3 Å². The minimum absolute atomic E-state index is 0.439. The summed E-state index contributed by atoms with van der Waals surface area (Å²) in [4.78, 5) is 9.43. The van der Waals surface area contributed by atoms with Crippen LogP contribution in [0.3, 0.4) is 0 Å². The van der Waals surface area contributed by atoms with Crippen molar-refractivity contribution in [1.82, 2.24) is 4.98 Å². The smallest absolute Gasteiger partial charge is 0.185 e. The number of piperazine rings is 1. The zero-order chi connectivity index (χ0) is 14.8. The highest BCUT2D eigenvalue weighted by Gasteiger charge is 2.26.